The van der Waals surface area contributed by atoms with E-state index in [0.717, 1.165) is 23.7 Å². The number of nitrogens with zero attached hydrogens (tertiary/aromatic N) is 2. The Bertz CT molecular complexity index is 1050. The van der Waals surface area contributed by atoms with Gasteiger partial charge in [0.1, 0.15) is 16.8 Å². The highest BCUT2D eigenvalue weighted by Crippen LogP contribution is 2.61. The van der Waals surface area contributed by atoms with Gasteiger partial charge in [-0.05, 0) is 69.6 Å². The van der Waals surface area contributed by atoms with Crippen LogP contribution in [0.15, 0.2) is 39.7 Å². The number of halogens is 1. The van der Waals surface area contributed by atoms with Gasteiger partial charge in [0.2, 0.25) is 5.91 Å². The fourth-order valence-electron chi connectivity index (χ4n) is 5.35. The minimum absolute atomic E-state index is 0.133. The number of aromatic nitrogens is 2. The van der Waals surface area contributed by atoms with Gasteiger partial charge in [-0.3, -0.25) is 9.59 Å². The molecule has 8 heteroatoms. The van der Waals surface area contributed by atoms with Crippen molar-refractivity contribution in [2.75, 3.05) is 12.4 Å². The lowest BCUT2D eigenvalue weighted by atomic mass is 9.45. The fourth-order valence-corrected chi connectivity index (χ4v) is 5.78. The average molecular weight is 503 g/mol. The zero-order chi connectivity index (χ0) is 23.0. The summed E-state index contributed by atoms with van der Waals surface area (Å²) in [4.78, 5) is 25.1. The van der Waals surface area contributed by atoms with Gasteiger partial charge in [0.25, 0.3) is 5.56 Å². The fraction of sp³-hybridized carbons (Fsp3) is 0.542. The number of benzene rings is 1. The Morgan fingerprint density at radius 3 is 2.62 bits per heavy atom. The van der Waals surface area contributed by atoms with Crippen molar-refractivity contribution in [1.82, 2.24) is 15.1 Å². The highest BCUT2D eigenvalue weighted by molar-refractivity contribution is 9.10. The predicted octanol–water partition coefficient (Wildman–Crippen LogP) is 3.81. The van der Waals surface area contributed by atoms with E-state index in [-0.39, 0.29) is 18.0 Å². The molecule has 0 saturated heterocycles. The molecule has 4 atom stereocenters. The number of rotatable bonds is 7. The van der Waals surface area contributed by atoms with Gasteiger partial charge < -0.3 is 15.4 Å². The van der Waals surface area contributed by atoms with Crippen molar-refractivity contribution in [1.29, 1.82) is 0 Å². The van der Waals surface area contributed by atoms with Crippen molar-refractivity contribution in [2.45, 2.75) is 52.7 Å². The van der Waals surface area contributed by atoms with Crippen LogP contribution in [-0.2, 0) is 17.9 Å². The lowest BCUT2D eigenvalue weighted by molar-refractivity contribution is -0.122. The first-order chi connectivity index (χ1) is 15.2. The summed E-state index contributed by atoms with van der Waals surface area (Å²) in [5.74, 6) is 2.46. The molecule has 32 heavy (non-hydrogen) atoms. The van der Waals surface area contributed by atoms with Gasteiger partial charge in [-0.1, -0.05) is 32.9 Å². The third-order valence-corrected chi connectivity index (χ3v) is 8.39. The summed E-state index contributed by atoms with van der Waals surface area (Å²) in [6.07, 6.45) is 4.05. The van der Waals surface area contributed by atoms with Crippen molar-refractivity contribution in [3.05, 3.63) is 50.9 Å². The minimum Gasteiger partial charge on any atom is -0.497 e. The van der Waals surface area contributed by atoms with Gasteiger partial charge in [-0.15, -0.1) is 0 Å². The van der Waals surface area contributed by atoms with E-state index in [1.807, 2.05) is 24.3 Å². The van der Waals surface area contributed by atoms with E-state index in [2.05, 4.69) is 52.4 Å². The first kappa shape index (κ1) is 22.8. The summed E-state index contributed by atoms with van der Waals surface area (Å²) in [5, 5.41) is 10.6. The van der Waals surface area contributed by atoms with E-state index in [1.165, 1.54) is 11.1 Å². The Kier molecular flexibility index (Phi) is 6.34. The third-order valence-electron chi connectivity index (χ3n) is 7.62. The van der Waals surface area contributed by atoms with Crippen LogP contribution in [0.4, 0.5) is 5.69 Å². The molecule has 1 aromatic carbocycles. The molecule has 2 N–H and O–H groups in total. The monoisotopic (exact) mass is 502 g/mol. The predicted molar refractivity (Wildman–Crippen MR) is 128 cm³/mol. The summed E-state index contributed by atoms with van der Waals surface area (Å²) < 4.78 is 6.74. The number of hydrogen-bond acceptors (Lipinski definition) is 5. The number of carbonyl (C=O) groups excluding carboxylic acids is 1. The molecule has 5 rings (SSSR count). The lowest BCUT2D eigenvalue weighted by Crippen LogP contribution is -2.58. The quantitative estimate of drug-likeness (QED) is 0.601. The second-order valence-corrected chi connectivity index (χ2v) is 10.5. The van der Waals surface area contributed by atoms with Crippen LogP contribution in [0, 0.1) is 23.2 Å². The van der Waals surface area contributed by atoms with Crippen LogP contribution in [0.3, 0.4) is 0 Å². The normalized spacial score (nSPS) is 25.5. The molecule has 0 unspecified atom stereocenters. The second kappa shape index (κ2) is 8.89. The summed E-state index contributed by atoms with van der Waals surface area (Å²) >= 11 is 3.43. The molecule has 3 aliphatic rings. The maximum atomic E-state index is 12.8. The minimum atomic E-state index is -0.316. The van der Waals surface area contributed by atoms with Crippen molar-refractivity contribution in [3.8, 4) is 5.75 Å². The zero-order valence-electron chi connectivity index (χ0n) is 19.0. The highest BCUT2D eigenvalue weighted by atomic mass is 79.9. The number of amides is 1. The SMILES string of the molecule is COc1ccc(CNC(=O)Cn2ncc(N[C@@H]3C[C@H]4C[C@@H]([C@H]3C)C4(C)C)c(Br)c2=O)cc1. The molecule has 1 amide bonds. The first-order valence-corrected chi connectivity index (χ1v) is 11.9. The van der Waals surface area contributed by atoms with E-state index in [1.54, 1.807) is 13.3 Å². The number of fused-ring (bicyclic) bond motifs is 2. The molecule has 7 nitrogen and oxygen atoms in total. The smallest absolute Gasteiger partial charge is 0.283 e. The van der Waals surface area contributed by atoms with Gasteiger partial charge in [0.05, 0.1) is 19.0 Å². The van der Waals surface area contributed by atoms with Crippen LogP contribution in [0.25, 0.3) is 0 Å². The third kappa shape index (κ3) is 4.29. The summed E-state index contributed by atoms with van der Waals surface area (Å²) in [6, 6.07) is 7.78. The molecule has 3 fully saturated rings. The number of hydrogen-bond donors (Lipinski definition) is 2. The molecular formula is C24H31BrN4O3. The second-order valence-electron chi connectivity index (χ2n) is 9.67. The van der Waals surface area contributed by atoms with E-state index in [9.17, 15) is 9.59 Å². The van der Waals surface area contributed by atoms with Crippen LogP contribution >= 0.6 is 15.9 Å². The molecule has 1 aromatic heterocycles. The average Bonchev–Trinajstić information content (AvgIpc) is 2.78. The Morgan fingerprint density at radius 1 is 1.28 bits per heavy atom. The van der Waals surface area contributed by atoms with Gasteiger partial charge >= 0.3 is 0 Å². The summed E-state index contributed by atoms with van der Waals surface area (Å²) in [6.45, 7) is 7.28. The Labute approximate surface area is 197 Å². The molecule has 1 heterocycles. The topological polar surface area (TPSA) is 85.2 Å². The first-order valence-electron chi connectivity index (χ1n) is 11.1. The van der Waals surface area contributed by atoms with Crippen LogP contribution < -0.4 is 20.9 Å². The highest BCUT2D eigenvalue weighted by Gasteiger charge is 2.56. The standard InChI is InChI=1S/C24H31BrN4O3/c1-14-18-9-16(24(18,2)3)10-19(14)28-20-12-27-29(23(31)22(20)25)13-21(30)26-11-15-5-7-17(32-4)8-6-15/h5-8,12,14,16,18-19,28H,9-11,13H2,1-4H3,(H,26,30)/t14-,16-,18+,19-/m1/s1. The molecule has 3 aliphatic carbocycles. The molecule has 0 spiro atoms. The van der Waals surface area contributed by atoms with Crippen LogP contribution in [0.2, 0.25) is 0 Å². The molecule has 3 saturated carbocycles. The Balaban J connectivity index is 1.36. The van der Waals surface area contributed by atoms with E-state index in [4.69, 9.17) is 4.74 Å². The molecule has 0 aliphatic heterocycles. The van der Waals surface area contributed by atoms with E-state index >= 15 is 0 Å². The van der Waals surface area contributed by atoms with Crippen LogP contribution in [-0.4, -0.2) is 28.8 Å². The van der Waals surface area contributed by atoms with Crippen molar-refractivity contribution < 1.29 is 9.53 Å². The van der Waals surface area contributed by atoms with Crippen LogP contribution in [0.5, 0.6) is 5.75 Å². The van der Waals surface area contributed by atoms with Gasteiger partial charge in [-0.25, -0.2) is 4.68 Å². The summed E-state index contributed by atoms with van der Waals surface area (Å²) in [7, 11) is 1.61. The number of nitrogens with one attached hydrogen (secondary N) is 2. The molecular weight excluding hydrogens is 472 g/mol. The molecule has 172 valence electrons. The zero-order valence-corrected chi connectivity index (χ0v) is 20.6. The number of carbonyl (C=O) groups is 1. The molecule has 2 bridgehead atoms. The Morgan fingerprint density at radius 2 is 2.00 bits per heavy atom. The van der Waals surface area contributed by atoms with E-state index < -0.39 is 0 Å². The lowest BCUT2D eigenvalue weighted by Gasteiger charge is -2.62. The number of ether oxygens (including phenoxy) is 1. The van der Waals surface area contributed by atoms with Gasteiger partial charge in [0, 0.05) is 12.6 Å². The largest absolute Gasteiger partial charge is 0.497 e. The maximum absolute atomic E-state index is 12.8. The van der Waals surface area contributed by atoms with Gasteiger partial charge in [0.15, 0.2) is 0 Å². The van der Waals surface area contributed by atoms with Crippen molar-refractivity contribution in [3.63, 3.8) is 0 Å². The molecule has 0 radical (unpaired) electrons. The summed E-state index contributed by atoms with van der Waals surface area (Å²) in [5.41, 5.74) is 1.74. The van der Waals surface area contributed by atoms with E-state index in [0.29, 0.717) is 40.0 Å². The Hall–Kier alpha value is -2.35. The van der Waals surface area contributed by atoms with Crippen molar-refractivity contribution in [2.24, 2.45) is 23.2 Å². The number of methoxy groups -OCH3 is 1. The molecule has 2 aromatic rings. The van der Waals surface area contributed by atoms with Crippen LogP contribution in [0.1, 0.15) is 39.2 Å². The number of anilines is 1. The maximum Gasteiger partial charge on any atom is 0.283 e. The van der Waals surface area contributed by atoms with Crippen molar-refractivity contribution >= 4 is 27.5 Å². The van der Waals surface area contributed by atoms with Gasteiger partial charge in [-0.2, -0.15) is 5.10 Å².